The number of fused-ring (bicyclic) bond motifs is 1. The van der Waals surface area contributed by atoms with Gasteiger partial charge in [-0.15, -0.1) is 11.8 Å². The van der Waals surface area contributed by atoms with E-state index in [4.69, 9.17) is 11.6 Å². The predicted molar refractivity (Wildman–Crippen MR) is 90.2 cm³/mol. The van der Waals surface area contributed by atoms with E-state index >= 15 is 0 Å². The fourth-order valence-electron chi connectivity index (χ4n) is 3.08. The summed E-state index contributed by atoms with van der Waals surface area (Å²) in [5.41, 5.74) is 0. The van der Waals surface area contributed by atoms with Gasteiger partial charge in [-0.25, -0.2) is 0 Å². The van der Waals surface area contributed by atoms with Crippen molar-refractivity contribution in [2.75, 3.05) is 19.6 Å². The molecule has 2 aliphatic rings. The first-order valence-electron chi connectivity index (χ1n) is 7.70. The van der Waals surface area contributed by atoms with Crippen LogP contribution < -0.4 is 0 Å². The Kier molecular flexibility index (Phi) is 3.82. The average Bonchev–Trinajstić information content (AvgIpc) is 3.18. The Balaban J connectivity index is 1.47. The van der Waals surface area contributed by atoms with Gasteiger partial charge in [-0.2, -0.15) is 0 Å². The third-order valence-corrected chi connectivity index (χ3v) is 6.16. The van der Waals surface area contributed by atoms with E-state index in [0.29, 0.717) is 5.25 Å². The van der Waals surface area contributed by atoms with Crippen LogP contribution >= 0.6 is 23.4 Å². The van der Waals surface area contributed by atoms with Gasteiger partial charge in [0.05, 0.1) is 5.02 Å². The Morgan fingerprint density at radius 1 is 1.24 bits per heavy atom. The van der Waals surface area contributed by atoms with E-state index in [1.165, 1.54) is 49.2 Å². The fraction of sp³-hybridized carbons (Fsp3) is 0.471. The zero-order valence-corrected chi connectivity index (χ0v) is 13.5. The van der Waals surface area contributed by atoms with Gasteiger partial charge in [0, 0.05) is 41.0 Å². The lowest BCUT2D eigenvalue weighted by atomic mass is 10.2. The first-order valence-corrected chi connectivity index (χ1v) is 8.96. The number of likely N-dealkylation sites (tertiary alicyclic amines) is 1. The van der Waals surface area contributed by atoms with Gasteiger partial charge >= 0.3 is 0 Å². The maximum Gasteiger partial charge on any atom is 0.0548 e. The van der Waals surface area contributed by atoms with Gasteiger partial charge in [0.1, 0.15) is 0 Å². The first-order chi connectivity index (χ1) is 10.3. The quantitative estimate of drug-likeness (QED) is 0.827. The number of hydrogen-bond donors (Lipinski definition) is 0. The summed E-state index contributed by atoms with van der Waals surface area (Å²) >= 11 is 8.40. The van der Waals surface area contributed by atoms with Gasteiger partial charge in [-0.3, -0.25) is 4.98 Å². The summed E-state index contributed by atoms with van der Waals surface area (Å²) in [4.78, 5) is 8.01. The molecule has 1 aliphatic heterocycles. The van der Waals surface area contributed by atoms with E-state index < -0.39 is 0 Å². The van der Waals surface area contributed by atoms with Crippen molar-refractivity contribution in [3.63, 3.8) is 0 Å². The van der Waals surface area contributed by atoms with Crippen molar-refractivity contribution < 1.29 is 0 Å². The number of nitrogens with zero attached hydrogens (tertiary/aromatic N) is 2. The topological polar surface area (TPSA) is 16.1 Å². The van der Waals surface area contributed by atoms with Crippen LogP contribution in [0.4, 0.5) is 0 Å². The summed E-state index contributed by atoms with van der Waals surface area (Å²) in [6.45, 7) is 3.78. The summed E-state index contributed by atoms with van der Waals surface area (Å²) in [7, 11) is 0. The molecule has 0 bridgehead atoms. The summed E-state index contributed by atoms with van der Waals surface area (Å²) in [5.74, 6) is 0.991. The van der Waals surface area contributed by atoms with Gasteiger partial charge in [0.15, 0.2) is 0 Å². The highest BCUT2D eigenvalue weighted by atomic mass is 35.5. The summed E-state index contributed by atoms with van der Waals surface area (Å²) in [6, 6.07) is 6.32. The molecule has 1 aromatic carbocycles. The lowest BCUT2D eigenvalue weighted by Crippen LogP contribution is -2.23. The van der Waals surface area contributed by atoms with Crippen LogP contribution in [0.5, 0.6) is 0 Å². The lowest BCUT2D eigenvalue weighted by Gasteiger charge is -2.15. The molecular formula is C17H19ClN2S. The van der Waals surface area contributed by atoms with E-state index in [1.54, 1.807) is 0 Å². The molecule has 2 nitrogen and oxygen atoms in total. The van der Waals surface area contributed by atoms with Crippen molar-refractivity contribution in [2.45, 2.75) is 29.4 Å². The van der Waals surface area contributed by atoms with Crippen LogP contribution in [0, 0.1) is 5.92 Å². The molecular weight excluding hydrogens is 300 g/mol. The first kappa shape index (κ1) is 13.9. The molecule has 110 valence electrons. The maximum absolute atomic E-state index is 6.45. The highest BCUT2D eigenvalue weighted by molar-refractivity contribution is 8.00. The van der Waals surface area contributed by atoms with Crippen LogP contribution in [0.15, 0.2) is 35.5 Å². The molecule has 1 atom stereocenters. The molecule has 1 saturated carbocycles. The summed E-state index contributed by atoms with van der Waals surface area (Å²) in [6.07, 6.45) is 7.89. The Bertz CT molecular complexity index is 656. The monoisotopic (exact) mass is 318 g/mol. The molecule has 0 amide bonds. The predicted octanol–water partition coefficient (Wildman–Crippen LogP) is 4.46. The molecule has 1 aliphatic carbocycles. The molecule has 2 heterocycles. The Hall–Kier alpha value is -0.770. The Morgan fingerprint density at radius 3 is 3.00 bits per heavy atom. The molecule has 1 saturated heterocycles. The number of rotatable bonds is 4. The third-order valence-electron chi connectivity index (χ3n) is 4.43. The molecule has 2 fully saturated rings. The minimum atomic E-state index is 0.681. The number of hydrogen-bond acceptors (Lipinski definition) is 3. The number of halogens is 1. The zero-order chi connectivity index (χ0) is 14.2. The molecule has 2 aromatic rings. The molecule has 0 N–H and O–H groups in total. The van der Waals surface area contributed by atoms with Crippen LogP contribution in [0.2, 0.25) is 5.02 Å². The molecule has 1 unspecified atom stereocenters. The van der Waals surface area contributed by atoms with Crippen LogP contribution in [0.3, 0.4) is 0 Å². The molecule has 4 heteroatoms. The molecule has 0 spiro atoms. The van der Waals surface area contributed by atoms with E-state index in [9.17, 15) is 0 Å². The molecule has 21 heavy (non-hydrogen) atoms. The van der Waals surface area contributed by atoms with E-state index in [2.05, 4.69) is 22.0 Å². The van der Waals surface area contributed by atoms with Crippen molar-refractivity contribution in [3.8, 4) is 0 Å². The van der Waals surface area contributed by atoms with Gasteiger partial charge in [-0.05, 0) is 55.3 Å². The van der Waals surface area contributed by atoms with Crippen molar-refractivity contribution in [1.82, 2.24) is 9.88 Å². The van der Waals surface area contributed by atoms with Gasteiger partial charge < -0.3 is 4.90 Å². The maximum atomic E-state index is 6.45. The third kappa shape index (κ3) is 3.20. The van der Waals surface area contributed by atoms with Crippen LogP contribution in [-0.2, 0) is 0 Å². The average molecular weight is 319 g/mol. The second-order valence-electron chi connectivity index (χ2n) is 6.24. The highest BCUT2D eigenvalue weighted by Crippen LogP contribution is 2.38. The minimum absolute atomic E-state index is 0.681. The lowest BCUT2D eigenvalue weighted by molar-refractivity contribution is 0.325. The second-order valence-corrected chi connectivity index (χ2v) is 7.99. The van der Waals surface area contributed by atoms with E-state index in [1.807, 2.05) is 30.2 Å². The van der Waals surface area contributed by atoms with Crippen molar-refractivity contribution in [2.24, 2.45) is 5.92 Å². The Labute approximate surface area is 134 Å². The SMILES string of the molecule is Clc1cc2cnccc2cc1SC1CCN(CC2CC2)C1. The molecule has 4 rings (SSSR count). The van der Waals surface area contributed by atoms with Crippen molar-refractivity contribution in [1.29, 1.82) is 0 Å². The summed E-state index contributed by atoms with van der Waals surface area (Å²) < 4.78 is 0. The van der Waals surface area contributed by atoms with Gasteiger partial charge in [0.25, 0.3) is 0 Å². The highest BCUT2D eigenvalue weighted by Gasteiger charge is 2.29. The van der Waals surface area contributed by atoms with Crippen LogP contribution in [0.1, 0.15) is 19.3 Å². The van der Waals surface area contributed by atoms with Gasteiger partial charge in [0.2, 0.25) is 0 Å². The number of pyridine rings is 1. The summed E-state index contributed by atoms with van der Waals surface area (Å²) in [5, 5.41) is 3.89. The van der Waals surface area contributed by atoms with Crippen molar-refractivity contribution in [3.05, 3.63) is 35.6 Å². The smallest absolute Gasteiger partial charge is 0.0548 e. The van der Waals surface area contributed by atoms with Gasteiger partial charge in [-0.1, -0.05) is 11.6 Å². The Morgan fingerprint density at radius 2 is 2.14 bits per heavy atom. The van der Waals surface area contributed by atoms with Crippen LogP contribution in [-0.4, -0.2) is 34.8 Å². The van der Waals surface area contributed by atoms with E-state index in [0.717, 1.165) is 16.3 Å². The van der Waals surface area contributed by atoms with Crippen molar-refractivity contribution >= 4 is 34.1 Å². The second kappa shape index (κ2) is 5.79. The normalized spacial score (nSPS) is 23.0. The van der Waals surface area contributed by atoms with E-state index in [-0.39, 0.29) is 0 Å². The standard InChI is InChI=1S/C17H19ClN2S/c18-16-7-14-9-19-5-3-13(14)8-17(16)21-15-4-6-20(11-15)10-12-1-2-12/h3,5,7-9,12,15H,1-2,4,6,10-11H2. The number of benzene rings is 1. The zero-order valence-electron chi connectivity index (χ0n) is 12.0. The number of thioether (sulfide) groups is 1. The largest absolute Gasteiger partial charge is 0.302 e. The van der Waals surface area contributed by atoms with Crippen LogP contribution in [0.25, 0.3) is 10.8 Å². The number of aromatic nitrogens is 1. The minimum Gasteiger partial charge on any atom is -0.302 e. The molecule has 1 aromatic heterocycles. The fourth-order valence-corrected chi connectivity index (χ4v) is 4.62. The molecule has 0 radical (unpaired) electrons.